The van der Waals surface area contributed by atoms with Gasteiger partial charge in [0.1, 0.15) is 5.78 Å². The van der Waals surface area contributed by atoms with Gasteiger partial charge in [0.05, 0.1) is 0 Å². The van der Waals surface area contributed by atoms with Gasteiger partial charge in [-0.3, -0.25) is 4.79 Å². The molecule has 110 valence electrons. The zero-order valence-corrected chi connectivity index (χ0v) is 13.2. The topological polar surface area (TPSA) is 17.1 Å². The maximum atomic E-state index is 13.1. The predicted molar refractivity (Wildman–Crippen MR) is 81.1 cm³/mol. The van der Waals surface area contributed by atoms with E-state index in [0.29, 0.717) is 17.6 Å². The van der Waals surface area contributed by atoms with E-state index in [0.717, 1.165) is 12.3 Å². The summed E-state index contributed by atoms with van der Waals surface area (Å²) in [4.78, 5) is 13.1. The van der Waals surface area contributed by atoms with Crippen molar-refractivity contribution in [2.45, 2.75) is 85.0 Å². The van der Waals surface area contributed by atoms with Gasteiger partial charge in [0.2, 0.25) is 0 Å². The molecule has 2 aliphatic rings. The van der Waals surface area contributed by atoms with E-state index >= 15 is 0 Å². The Kier molecular flexibility index (Phi) is 5.09. The summed E-state index contributed by atoms with van der Waals surface area (Å²) in [6.07, 6.45) is 12.3. The highest BCUT2D eigenvalue weighted by molar-refractivity contribution is 5.87. The molecule has 1 nitrogen and oxygen atoms in total. The van der Waals surface area contributed by atoms with Crippen molar-refractivity contribution < 1.29 is 4.79 Å². The molecule has 0 aliphatic heterocycles. The largest absolute Gasteiger partial charge is 0.299 e. The minimum absolute atomic E-state index is 0.0812. The van der Waals surface area contributed by atoms with Gasteiger partial charge in [-0.05, 0) is 56.8 Å². The SMILES string of the molecule is CCC1CCC(C(=O)C2(CC(C)C)CCCC2)CC1. The molecule has 2 rings (SSSR count). The highest BCUT2D eigenvalue weighted by Gasteiger charge is 2.44. The van der Waals surface area contributed by atoms with Crippen molar-refractivity contribution in [3.63, 3.8) is 0 Å². The van der Waals surface area contributed by atoms with Crippen LogP contribution in [0.2, 0.25) is 0 Å². The molecule has 1 heteroatoms. The molecule has 2 fully saturated rings. The molecule has 0 aromatic heterocycles. The minimum atomic E-state index is 0.0812. The molecule has 2 aliphatic carbocycles. The van der Waals surface area contributed by atoms with E-state index in [4.69, 9.17) is 0 Å². The van der Waals surface area contributed by atoms with E-state index in [2.05, 4.69) is 20.8 Å². The fraction of sp³-hybridized carbons (Fsp3) is 0.944. The number of Topliss-reactive ketones (excluding diaryl/α,β-unsaturated/α-hetero) is 1. The van der Waals surface area contributed by atoms with Crippen LogP contribution in [0, 0.1) is 23.2 Å². The van der Waals surface area contributed by atoms with E-state index in [1.807, 2.05) is 0 Å². The maximum absolute atomic E-state index is 13.1. The second-order valence-electron chi connectivity index (χ2n) is 7.58. The fourth-order valence-corrected chi connectivity index (χ4v) is 4.65. The lowest BCUT2D eigenvalue weighted by Crippen LogP contribution is -2.36. The first-order chi connectivity index (χ1) is 9.07. The summed E-state index contributed by atoms with van der Waals surface area (Å²) in [6, 6.07) is 0. The average Bonchev–Trinajstić information content (AvgIpc) is 2.87. The van der Waals surface area contributed by atoms with Crippen LogP contribution in [0.25, 0.3) is 0 Å². The summed E-state index contributed by atoms with van der Waals surface area (Å²) in [5, 5.41) is 0. The molecule has 0 unspecified atom stereocenters. The fourth-order valence-electron chi connectivity index (χ4n) is 4.65. The zero-order chi connectivity index (χ0) is 13.9. The Labute approximate surface area is 119 Å². The third-order valence-corrected chi connectivity index (χ3v) is 5.68. The Morgan fingerprint density at radius 3 is 2.16 bits per heavy atom. The lowest BCUT2D eigenvalue weighted by atomic mass is 9.67. The normalized spacial score (nSPS) is 30.7. The number of hydrogen-bond donors (Lipinski definition) is 0. The minimum Gasteiger partial charge on any atom is -0.299 e. The summed E-state index contributed by atoms with van der Waals surface area (Å²) in [6.45, 7) is 6.85. The molecule has 0 aromatic rings. The van der Waals surface area contributed by atoms with Crippen LogP contribution in [0.4, 0.5) is 0 Å². The Hall–Kier alpha value is -0.330. The van der Waals surface area contributed by atoms with Gasteiger partial charge in [0, 0.05) is 11.3 Å². The molecule has 0 saturated heterocycles. The number of carbonyl (C=O) groups is 1. The van der Waals surface area contributed by atoms with Crippen LogP contribution in [0.3, 0.4) is 0 Å². The molecule has 2 saturated carbocycles. The first kappa shape index (κ1) is 15.1. The first-order valence-corrected chi connectivity index (χ1v) is 8.61. The molecular weight excluding hydrogens is 232 g/mol. The van der Waals surface area contributed by atoms with Gasteiger partial charge in [0.25, 0.3) is 0 Å². The molecule has 0 aromatic carbocycles. The Morgan fingerprint density at radius 1 is 1.11 bits per heavy atom. The van der Waals surface area contributed by atoms with Crippen LogP contribution in [0.1, 0.15) is 85.0 Å². The molecule has 0 radical (unpaired) electrons. The molecule has 0 spiro atoms. The van der Waals surface area contributed by atoms with Gasteiger partial charge < -0.3 is 0 Å². The van der Waals surface area contributed by atoms with Crippen LogP contribution in [-0.2, 0) is 4.79 Å². The van der Waals surface area contributed by atoms with Crippen molar-refractivity contribution in [3.05, 3.63) is 0 Å². The van der Waals surface area contributed by atoms with Crippen LogP contribution in [0.5, 0.6) is 0 Å². The highest BCUT2D eigenvalue weighted by Crippen LogP contribution is 2.47. The second-order valence-corrected chi connectivity index (χ2v) is 7.58. The Bertz CT molecular complexity index is 291. The van der Waals surface area contributed by atoms with E-state index < -0.39 is 0 Å². The van der Waals surface area contributed by atoms with Crippen molar-refractivity contribution in [3.8, 4) is 0 Å². The van der Waals surface area contributed by atoms with Crippen LogP contribution >= 0.6 is 0 Å². The van der Waals surface area contributed by atoms with Crippen molar-refractivity contribution in [2.75, 3.05) is 0 Å². The summed E-state index contributed by atoms with van der Waals surface area (Å²) >= 11 is 0. The van der Waals surface area contributed by atoms with Gasteiger partial charge in [-0.1, -0.05) is 40.0 Å². The van der Waals surface area contributed by atoms with Crippen LogP contribution in [0.15, 0.2) is 0 Å². The monoisotopic (exact) mass is 264 g/mol. The van der Waals surface area contributed by atoms with Crippen LogP contribution in [-0.4, -0.2) is 5.78 Å². The molecule has 0 atom stereocenters. The number of ketones is 1. The van der Waals surface area contributed by atoms with Gasteiger partial charge >= 0.3 is 0 Å². The standard InChI is InChI=1S/C18H32O/c1-4-15-7-9-16(10-8-15)17(19)18(13-14(2)3)11-5-6-12-18/h14-16H,4-13H2,1-3H3. The molecule has 0 heterocycles. The molecular formula is C18H32O. The summed E-state index contributed by atoms with van der Waals surface area (Å²) < 4.78 is 0. The quantitative estimate of drug-likeness (QED) is 0.651. The van der Waals surface area contributed by atoms with Crippen LogP contribution < -0.4 is 0 Å². The molecule has 0 bridgehead atoms. The van der Waals surface area contributed by atoms with Gasteiger partial charge in [0.15, 0.2) is 0 Å². The van der Waals surface area contributed by atoms with Gasteiger partial charge in [-0.25, -0.2) is 0 Å². The zero-order valence-electron chi connectivity index (χ0n) is 13.2. The Morgan fingerprint density at radius 2 is 1.68 bits per heavy atom. The third kappa shape index (κ3) is 3.41. The predicted octanol–water partition coefficient (Wildman–Crippen LogP) is 5.38. The van der Waals surface area contributed by atoms with E-state index in [1.54, 1.807) is 0 Å². The summed E-state index contributed by atoms with van der Waals surface area (Å²) in [5.41, 5.74) is 0.0812. The number of hydrogen-bond acceptors (Lipinski definition) is 1. The first-order valence-electron chi connectivity index (χ1n) is 8.61. The lowest BCUT2D eigenvalue weighted by Gasteiger charge is -2.36. The maximum Gasteiger partial charge on any atom is 0.142 e. The van der Waals surface area contributed by atoms with E-state index in [1.165, 1.54) is 57.8 Å². The van der Waals surface area contributed by atoms with Crippen molar-refractivity contribution in [1.29, 1.82) is 0 Å². The van der Waals surface area contributed by atoms with Gasteiger partial charge in [-0.2, -0.15) is 0 Å². The van der Waals surface area contributed by atoms with Gasteiger partial charge in [-0.15, -0.1) is 0 Å². The van der Waals surface area contributed by atoms with Crippen molar-refractivity contribution in [1.82, 2.24) is 0 Å². The number of rotatable bonds is 5. The highest BCUT2D eigenvalue weighted by atomic mass is 16.1. The smallest absolute Gasteiger partial charge is 0.142 e. The Balaban J connectivity index is 2.00. The van der Waals surface area contributed by atoms with E-state index in [-0.39, 0.29) is 5.41 Å². The molecule has 0 amide bonds. The third-order valence-electron chi connectivity index (χ3n) is 5.68. The summed E-state index contributed by atoms with van der Waals surface area (Å²) in [7, 11) is 0. The molecule has 0 N–H and O–H groups in total. The van der Waals surface area contributed by atoms with E-state index in [9.17, 15) is 4.79 Å². The average molecular weight is 264 g/mol. The number of carbonyl (C=O) groups excluding carboxylic acids is 1. The van der Waals surface area contributed by atoms with Crippen molar-refractivity contribution in [2.24, 2.45) is 23.2 Å². The lowest BCUT2D eigenvalue weighted by molar-refractivity contribution is -0.135. The summed E-state index contributed by atoms with van der Waals surface area (Å²) in [5.74, 6) is 2.62. The van der Waals surface area contributed by atoms with Crippen molar-refractivity contribution >= 4 is 5.78 Å². The molecule has 19 heavy (non-hydrogen) atoms. The second kappa shape index (κ2) is 6.41.